The number of carbonyl (C=O) groups is 3. The largest absolute Gasteiger partial charge is 0.508 e. The summed E-state index contributed by atoms with van der Waals surface area (Å²) in [4.78, 5) is 33.7. The van der Waals surface area contributed by atoms with Crippen LogP contribution in [0.1, 0.15) is 25.8 Å². The molecule has 1 fully saturated rings. The lowest BCUT2D eigenvalue weighted by Gasteiger charge is -2.22. The number of carboxylic acid groups (broad SMARTS) is 1. The SMILES string of the molecule is CC(=O)O.COc1ccccc1NC(=O)C1CC(=O)N/C(=N\N=C(C)c2ccc(O)cc2)S1. The highest BCUT2D eigenvalue weighted by atomic mass is 32.2. The van der Waals surface area contributed by atoms with Crippen molar-refractivity contribution < 1.29 is 29.3 Å². The first-order valence-electron chi connectivity index (χ1n) is 9.71. The van der Waals surface area contributed by atoms with E-state index in [-0.39, 0.29) is 29.2 Å². The molecule has 2 aromatic carbocycles. The first-order valence-corrected chi connectivity index (χ1v) is 10.6. The van der Waals surface area contributed by atoms with Gasteiger partial charge in [0.25, 0.3) is 5.97 Å². The van der Waals surface area contributed by atoms with E-state index < -0.39 is 11.2 Å². The summed E-state index contributed by atoms with van der Waals surface area (Å²) in [7, 11) is 1.52. The van der Waals surface area contributed by atoms with Crippen LogP contribution in [0.4, 0.5) is 5.69 Å². The second-order valence-electron chi connectivity index (χ2n) is 6.70. The Labute approximate surface area is 194 Å². The molecule has 1 saturated heterocycles. The number of carboxylic acids is 1. The molecule has 4 N–H and O–H groups in total. The number of thioether (sulfide) groups is 1. The Bertz CT molecular complexity index is 1060. The van der Waals surface area contributed by atoms with Gasteiger partial charge in [-0.05, 0) is 48.9 Å². The third-order valence-electron chi connectivity index (χ3n) is 4.10. The minimum atomic E-state index is -0.833. The zero-order chi connectivity index (χ0) is 24.4. The van der Waals surface area contributed by atoms with Gasteiger partial charge in [-0.15, -0.1) is 5.10 Å². The number of nitrogens with zero attached hydrogens (tertiary/aromatic N) is 2. The third-order valence-corrected chi connectivity index (χ3v) is 5.18. The fourth-order valence-corrected chi connectivity index (χ4v) is 3.51. The van der Waals surface area contributed by atoms with Gasteiger partial charge in [0.15, 0.2) is 5.17 Å². The number of para-hydroxylation sites is 2. The molecule has 2 amide bonds. The number of ether oxygens (including phenoxy) is 1. The number of phenolic OH excluding ortho intramolecular Hbond substituents is 1. The molecule has 3 rings (SSSR count). The fraction of sp³-hybridized carbons (Fsp3) is 0.227. The quantitative estimate of drug-likeness (QED) is 0.386. The third kappa shape index (κ3) is 8.30. The number of anilines is 1. The number of rotatable bonds is 5. The lowest BCUT2D eigenvalue weighted by atomic mass is 10.1. The standard InChI is InChI=1S/C20H20N4O4S.C2H4O2/c1-12(13-7-9-14(25)10-8-13)23-24-20-22-18(26)11-17(29-20)19(27)21-15-5-3-4-6-16(15)28-2;1-2(3)4/h3-10,17,25H,11H2,1-2H3,(H,21,27)(H,22,24,26);1H3,(H,3,4). The number of aromatic hydroxyl groups is 1. The minimum absolute atomic E-state index is 0.0331. The van der Waals surface area contributed by atoms with Crippen LogP contribution in [0.3, 0.4) is 0 Å². The Balaban J connectivity index is 0.000000890. The van der Waals surface area contributed by atoms with Crippen LogP contribution >= 0.6 is 11.8 Å². The number of carbonyl (C=O) groups excluding carboxylic acids is 2. The summed E-state index contributed by atoms with van der Waals surface area (Å²) in [6.07, 6.45) is 0.0331. The van der Waals surface area contributed by atoms with E-state index in [0.29, 0.717) is 17.1 Å². The van der Waals surface area contributed by atoms with E-state index in [0.717, 1.165) is 24.2 Å². The molecular weight excluding hydrogens is 448 g/mol. The van der Waals surface area contributed by atoms with Crippen LogP contribution in [0.2, 0.25) is 0 Å². The van der Waals surface area contributed by atoms with E-state index in [2.05, 4.69) is 20.8 Å². The van der Waals surface area contributed by atoms with Crippen molar-refractivity contribution in [2.24, 2.45) is 10.2 Å². The molecule has 1 atom stereocenters. The normalized spacial score (nSPS) is 16.8. The molecule has 1 aliphatic heterocycles. The number of hydrogen-bond donors (Lipinski definition) is 4. The number of hydrogen-bond acceptors (Lipinski definition) is 8. The number of nitrogens with one attached hydrogen (secondary N) is 2. The predicted molar refractivity (Wildman–Crippen MR) is 127 cm³/mol. The van der Waals surface area contributed by atoms with Crippen molar-refractivity contribution in [3.8, 4) is 11.5 Å². The Morgan fingerprint density at radius 3 is 2.42 bits per heavy atom. The molecule has 0 radical (unpaired) electrons. The summed E-state index contributed by atoms with van der Waals surface area (Å²) in [6.45, 7) is 2.84. The first kappa shape index (κ1) is 25.4. The molecule has 33 heavy (non-hydrogen) atoms. The van der Waals surface area contributed by atoms with E-state index in [1.807, 2.05) is 0 Å². The smallest absolute Gasteiger partial charge is 0.300 e. The molecular formula is C22H24N4O6S. The van der Waals surface area contributed by atoms with Gasteiger partial charge in [0.2, 0.25) is 11.8 Å². The fourth-order valence-electron chi connectivity index (χ4n) is 2.58. The molecule has 1 unspecified atom stereocenters. The highest BCUT2D eigenvalue weighted by Gasteiger charge is 2.30. The highest BCUT2D eigenvalue weighted by molar-refractivity contribution is 8.15. The number of amidine groups is 1. The summed E-state index contributed by atoms with van der Waals surface area (Å²) >= 11 is 1.13. The monoisotopic (exact) mass is 472 g/mol. The summed E-state index contributed by atoms with van der Waals surface area (Å²) in [5, 5.41) is 30.0. The molecule has 2 aromatic rings. The van der Waals surface area contributed by atoms with Gasteiger partial charge in [0.1, 0.15) is 16.7 Å². The van der Waals surface area contributed by atoms with E-state index in [9.17, 15) is 14.7 Å². The number of amides is 2. The van der Waals surface area contributed by atoms with Crippen LogP contribution in [0.25, 0.3) is 0 Å². The van der Waals surface area contributed by atoms with Crippen molar-refractivity contribution in [2.75, 3.05) is 12.4 Å². The van der Waals surface area contributed by atoms with Gasteiger partial charge in [-0.2, -0.15) is 5.10 Å². The molecule has 11 heteroatoms. The maximum Gasteiger partial charge on any atom is 0.300 e. The Kier molecular flexibility index (Phi) is 9.43. The van der Waals surface area contributed by atoms with Crippen molar-refractivity contribution in [2.45, 2.75) is 25.5 Å². The van der Waals surface area contributed by atoms with Gasteiger partial charge < -0.3 is 25.6 Å². The topological polar surface area (TPSA) is 150 Å². The molecule has 1 aliphatic rings. The number of aliphatic carboxylic acids is 1. The van der Waals surface area contributed by atoms with Crippen molar-refractivity contribution in [3.63, 3.8) is 0 Å². The second-order valence-corrected chi connectivity index (χ2v) is 7.90. The van der Waals surface area contributed by atoms with E-state index >= 15 is 0 Å². The van der Waals surface area contributed by atoms with Gasteiger partial charge in [0.05, 0.1) is 18.5 Å². The molecule has 174 valence electrons. The van der Waals surface area contributed by atoms with Crippen molar-refractivity contribution in [3.05, 3.63) is 54.1 Å². The summed E-state index contributed by atoms with van der Waals surface area (Å²) in [5.74, 6) is -0.762. The first-order chi connectivity index (χ1) is 15.7. The van der Waals surface area contributed by atoms with E-state index in [4.69, 9.17) is 14.6 Å². The second kappa shape index (κ2) is 12.2. The van der Waals surface area contributed by atoms with Gasteiger partial charge in [-0.3, -0.25) is 14.4 Å². The van der Waals surface area contributed by atoms with Crippen molar-refractivity contribution in [1.29, 1.82) is 0 Å². The molecule has 0 saturated carbocycles. The molecule has 0 aliphatic carbocycles. The molecule has 1 heterocycles. The van der Waals surface area contributed by atoms with Crippen molar-refractivity contribution >= 4 is 46.1 Å². The Hall–Kier alpha value is -3.86. The molecule has 10 nitrogen and oxygen atoms in total. The van der Waals surface area contributed by atoms with Gasteiger partial charge >= 0.3 is 0 Å². The van der Waals surface area contributed by atoms with Gasteiger partial charge in [0, 0.05) is 13.3 Å². The molecule has 0 bridgehead atoms. The zero-order valence-corrected chi connectivity index (χ0v) is 19.0. The number of phenols is 1. The Morgan fingerprint density at radius 1 is 1.15 bits per heavy atom. The molecule has 0 spiro atoms. The zero-order valence-electron chi connectivity index (χ0n) is 18.2. The lowest BCUT2D eigenvalue weighted by molar-refractivity contribution is -0.134. The van der Waals surface area contributed by atoms with Crippen LogP contribution in [0.15, 0.2) is 58.7 Å². The minimum Gasteiger partial charge on any atom is -0.508 e. The lowest BCUT2D eigenvalue weighted by Crippen LogP contribution is -2.41. The summed E-state index contributed by atoms with van der Waals surface area (Å²) < 4.78 is 5.23. The van der Waals surface area contributed by atoms with Crippen LogP contribution < -0.4 is 15.4 Å². The summed E-state index contributed by atoms with van der Waals surface area (Å²) in [6, 6.07) is 13.6. The average molecular weight is 473 g/mol. The van der Waals surface area contributed by atoms with Gasteiger partial charge in [-0.1, -0.05) is 23.9 Å². The maximum atomic E-state index is 12.6. The van der Waals surface area contributed by atoms with Crippen LogP contribution in [-0.2, 0) is 14.4 Å². The maximum absolute atomic E-state index is 12.6. The Morgan fingerprint density at radius 2 is 1.79 bits per heavy atom. The predicted octanol–water partition coefficient (Wildman–Crippen LogP) is 2.83. The van der Waals surface area contributed by atoms with E-state index in [1.165, 1.54) is 7.11 Å². The van der Waals surface area contributed by atoms with Crippen LogP contribution in [0.5, 0.6) is 11.5 Å². The average Bonchev–Trinajstić information content (AvgIpc) is 2.77. The van der Waals surface area contributed by atoms with Gasteiger partial charge in [-0.25, -0.2) is 0 Å². The number of benzene rings is 2. The van der Waals surface area contributed by atoms with Crippen LogP contribution in [-0.4, -0.2) is 51.2 Å². The van der Waals surface area contributed by atoms with Crippen LogP contribution in [0, 0.1) is 0 Å². The summed E-state index contributed by atoms with van der Waals surface area (Å²) in [5.41, 5.74) is 1.92. The van der Waals surface area contributed by atoms with Crippen molar-refractivity contribution in [1.82, 2.24) is 5.32 Å². The molecule has 0 aromatic heterocycles. The van der Waals surface area contributed by atoms with E-state index in [1.54, 1.807) is 55.5 Å². The number of methoxy groups -OCH3 is 1. The highest BCUT2D eigenvalue weighted by Crippen LogP contribution is 2.27.